The third kappa shape index (κ3) is 5.29. The van der Waals surface area contributed by atoms with Gasteiger partial charge < -0.3 is 19.6 Å². The molecule has 0 saturated carbocycles. The number of nitrogens with zero attached hydrogens (tertiary/aromatic N) is 9. The van der Waals surface area contributed by atoms with Crippen molar-refractivity contribution in [3.63, 3.8) is 0 Å². The predicted octanol–water partition coefficient (Wildman–Crippen LogP) is 1.15. The van der Waals surface area contributed by atoms with Crippen LogP contribution < -0.4 is 9.80 Å². The molecule has 0 aliphatic carbocycles. The van der Waals surface area contributed by atoms with E-state index < -0.39 is 10.0 Å². The topological polar surface area (TPSA) is 143 Å². The zero-order valence-corrected chi connectivity index (χ0v) is 23.0. The van der Waals surface area contributed by atoms with Gasteiger partial charge in [0.05, 0.1) is 24.5 Å². The number of hydrogen-bond acceptors (Lipinski definition) is 11. The second kappa shape index (κ2) is 10.9. The second-order valence-corrected chi connectivity index (χ2v) is 11.9. The summed E-state index contributed by atoms with van der Waals surface area (Å²) in [6.07, 6.45) is 3.79. The van der Waals surface area contributed by atoms with Crippen molar-refractivity contribution in [1.82, 2.24) is 33.8 Å². The summed E-state index contributed by atoms with van der Waals surface area (Å²) in [5.41, 5.74) is 2.11. The first kappa shape index (κ1) is 26.3. The SMILES string of the molecule is Cc1nc2c(O)cccc2n1-c1nc(N2CCOCC2)nc(N2CCN(S(=O)(=O)CCc3ccncc3)CC2)n1. The number of phenols is 1. The molecule has 1 N–H and O–H groups in total. The summed E-state index contributed by atoms with van der Waals surface area (Å²) in [5, 5.41) is 10.4. The minimum Gasteiger partial charge on any atom is -0.506 e. The molecule has 2 fully saturated rings. The van der Waals surface area contributed by atoms with Crippen molar-refractivity contribution in [2.24, 2.45) is 0 Å². The van der Waals surface area contributed by atoms with Gasteiger partial charge in [-0.3, -0.25) is 9.55 Å². The predicted molar refractivity (Wildman–Crippen MR) is 149 cm³/mol. The van der Waals surface area contributed by atoms with Gasteiger partial charge in [-0.1, -0.05) is 6.07 Å². The number of rotatable bonds is 7. The molecule has 0 amide bonds. The number of fused-ring (bicyclic) bond motifs is 1. The summed E-state index contributed by atoms with van der Waals surface area (Å²) in [4.78, 5) is 27.0. The van der Waals surface area contributed by atoms with Gasteiger partial charge in [-0.15, -0.1) is 0 Å². The Morgan fingerprint density at radius 2 is 1.50 bits per heavy atom. The highest BCUT2D eigenvalue weighted by Crippen LogP contribution is 2.28. The maximum Gasteiger partial charge on any atom is 0.242 e. The summed E-state index contributed by atoms with van der Waals surface area (Å²) in [6, 6.07) is 8.90. The molecule has 13 nitrogen and oxygen atoms in total. The second-order valence-electron chi connectivity index (χ2n) is 9.78. The van der Waals surface area contributed by atoms with Crippen molar-refractivity contribution in [3.8, 4) is 11.7 Å². The first-order chi connectivity index (χ1) is 19.4. The lowest BCUT2D eigenvalue weighted by Crippen LogP contribution is -2.50. The number of benzene rings is 1. The van der Waals surface area contributed by atoms with Gasteiger partial charge in [0.25, 0.3) is 0 Å². The van der Waals surface area contributed by atoms with E-state index in [4.69, 9.17) is 19.7 Å². The fraction of sp³-hybridized carbons (Fsp3) is 0.423. The number of anilines is 2. The fourth-order valence-corrected chi connectivity index (χ4v) is 6.51. The molecule has 3 aromatic heterocycles. The molecule has 0 unspecified atom stereocenters. The van der Waals surface area contributed by atoms with Crippen LogP contribution in [0.5, 0.6) is 5.75 Å². The Morgan fingerprint density at radius 3 is 2.20 bits per heavy atom. The van der Waals surface area contributed by atoms with Gasteiger partial charge in [0.1, 0.15) is 17.1 Å². The quantitative estimate of drug-likeness (QED) is 0.345. The molecule has 5 heterocycles. The summed E-state index contributed by atoms with van der Waals surface area (Å²) in [7, 11) is -3.42. The molecular formula is C26H31N9O4S. The average Bonchev–Trinajstić information content (AvgIpc) is 3.34. The van der Waals surface area contributed by atoms with E-state index in [9.17, 15) is 13.5 Å². The van der Waals surface area contributed by atoms with Crippen LogP contribution in [0.2, 0.25) is 0 Å². The number of aryl methyl sites for hydroxylation is 2. The highest BCUT2D eigenvalue weighted by atomic mass is 32.2. The van der Waals surface area contributed by atoms with Crippen LogP contribution in [0.1, 0.15) is 11.4 Å². The number of hydrogen-bond donors (Lipinski definition) is 1. The number of morpholine rings is 1. The summed E-state index contributed by atoms with van der Waals surface area (Å²) >= 11 is 0. The number of imidazole rings is 1. The lowest BCUT2D eigenvalue weighted by molar-refractivity contribution is 0.122. The van der Waals surface area contributed by atoms with Crippen LogP contribution in [0.3, 0.4) is 0 Å². The molecule has 0 spiro atoms. The van der Waals surface area contributed by atoms with Crippen LogP contribution in [0.15, 0.2) is 42.7 Å². The molecule has 0 atom stereocenters. The molecule has 6 rings (SSSR count). The number of aromatic nitrogens is 6. The molecule has 2 aliphatic heterocycles. The molecule has 14 heteroatoms. The highest BCUT2D eigenvalue weighted by molar-refractivity contribution is 7.89. The number of aromatic hydroxyl groups is 1. The zero-order chi connectivity index (χ0) is 27.7. The van der Waals surface area contributed by atoms with Gasteiger partial charge in [0.15, 0.2) is 0 Å². The number of piperazine rings is 1. The summed E-state index contributed by atoms with van der Waals surface area (Å²) in [5.74, 6) is 2.16. The van der Waals surface area contributed by atoms with E-state index in [1.165, 1.54) is 0 Å². The molecule has 210 valence electrons. The number of ether oxygens (including phenoxy) is 1. The van der Waals surface area contributed by atoms with Crippen LogP contribution in [0.25, 0.3) is 17.0 Å². The Morgan fingerprint density at radius 1 is 0.850 bits per heavy atom. The van der Waals surface area contributed by atoms with Crippen molar-refractivity contribution >= 4 is 33.0 Å². The smallest absolute Gasteiger partial charge is 0.242 e. The third-order valence-electron chi connectivity index (χ3n) is 7.24. The van der Waals surface area contributed by atoms with Crippen LogP contribution in [0.4, 0.5) is 11.9 Å². The first-order valence-corrected chi connectivity index (χ1v) is 14.9. The van der Waals surface area contributed by atoms with E-state index in [0.717, 1.165) is 5.56 Å². The molecule has 4 aromatic rings. The third-order valence-corrected chi connectivity index (χ3v) is 9.11. The monoisotopic (exact) mass is 565 g/mol. The van der Waals surface area contributed by atoms with Crippen molar-refractivity contribution in [2.75, 3.05) is 68.0 Å². The first-order valence-electron chi connectivity index (χ1n) is 13.3. The molecule has 0 radical (unpaired) electrons. The van der Waals surface area contributed by atoms with E-state index in [-0.39, 0.29) is 11.5 Å². The minimum absolute atomic E-state index is 0.0495. The lowest BCUT2D eigenvalue weighted by Gasteiger charge is -2.34. The molecule has 2 aliphatic rings. The zero-order valence-electron chi connectivity index (χ0n) is 22.2. The number of pyridine rings is 1. The molecule has 2 saturated heterocycles. The molecule has 1 aromatic carbocycles. The van der Waals surface area contributed by atoms with Gasteiger partial charge in [0.2, 0.25) is 27.9 Å². The Hall–Kier alpha value is -3.88. The van der Waals surface area contributed by atoms with Gasteiger partial charge in [-0.05, 0) is 43.2 Å². The van der Waals surface area contributed by atoms with E-state index >= 15 is 0 Å². The average molecular weight is 566 g/mol. The molecular weight excluding hydrogens is 534 g/mol. The van der Waals surface area contributed by atoms with E-state index in [2.05, 4.69) is 14.9 Å². The number of sulfonamides is 1. The normalized spacial score (nSPS) is 17.0. The van der Waals surface area contributed by atoms with Crippen molar-refractivity contribution in [3.05, 3.63) is 54.1 Å². The highest BCUT2D eigenvalue weighted by Gasteiger charge is 2.29. The van der Waals surface area contributed by atoms with Crippen molar-refractivity contribution in [1.29, 1.82) is 0 Å². The Labute approximate surface area is 232 Å². The Kier molecular flexibility index (Phi) is 7.21. The van der Waals surface area contributed by atoms with E-state index in [0.29, 0.717) is 93.6 Å². The van der Waals surface area contributed by atoms with Crippen molar-refractivity contribution < 1.29 is 18.3 Å². The number of para-hydroxylation sites is 1. The molecule has 40 heavy (non-hydrogen) atoms. The van der Waals surface area contributed by atoms with Gasteiger partial charge in [0, 0.05) is 51.7 Å². The summed E-state index contributed by atoms with van der Waals surface area (Å²) in [6.45, 7) is 5.87. The van der Waals surface area contributed by atoms with Gasteiger partial charge in [-0.2, -0.15) is 19.3 Å². The number of phenolic OH excluding ortho intramolecular Hbond substituents is 1. The van der Waals surface area contributed by atoms with Gasteiger partial charge in [-0.25, -0.2) is 13.4 Å². The molecule has 0 bridgehead atoms. The van der Waals surface area contributed by atoms with Crippen LogP contribution in [-0.4, -0.2) is 106 Å². The largest absolute Gasteiger partial charge is 0.506 e. The lowest BCUT2D eigenvalue weighted by atomic mass is 10.2. The van der Waals surface area contributed by atoms with Crippen LogP contribution >= 0.6 is 0 Å². The van der Waals surface area contributed by atoms with E-state index in [1.807, 2.05) is 34.6 Å². The maximum absolute atomic E-state index is 13.1. The Balaban J connectivity index is 1.27. The maximum atomic E-state index is 13.1. The Bertz CT molecular complexity index is 1600. The van der Waals surface area contributed by atoms with Crippen LogP contribution in [-0.2, 0) is 21.2 Å². The standard InChI is InChI=1S/C26H31N9O4S/c1-19-28-23-21(3-2-4-22(23)36)35(19)26-30-24(29-25(31-26)33-14-16-39-17-15-33)32-10-12-34(13-11-32)40(37,38)18-7-20-5-8-27-9-6-20/h2-6,8-9,36H,7,10-18H2,1H3. The van der Waals surface area contributed by atoms with Crippen LogP contribution in [0, 0.1) is 6.92 Å². The minimum atomic E-state index is -3.42. The van der Waals surface area contributed by atoms with E-state index in [1.54, 1.807) is 28.8 Å². The van der Waals surface area contributed by atoms with Crippen molar-refractivity contribution in [2.45, 2.75) is 13.3 Å². The van der Waals surface area contributed by atoms with Gasteiger partial charge >= 0.3 is 0 Å². The summed E-state index contributed by atoms with van der Waals surface area (Å²) < 4.78 is 35.0. The fourth-order valence-electron chi connectivity index (χ4n) is 5.03.